The van der Waals surface area contributed by atoms with Gasteiger partial charge in [0.15, 0.2) is 0 Å². The minimum Gasteiger partial charge on any atom is -0.350 e. The Morgan fingerprint density at radius 2 is 1.82 bits per heavy atom. The SMILES string of the molecule is CC(C)(C)NC(=O)[C@@H]1Cc2ccccc2CN1C(=O)NCc1cccc(F)c1. The molecule has 0 aliphatic carbocycles. The summed E-state index contributed by atoms with van der Waals surface area (Å²) in [5, 5.41) is 5.79. The Balaban J connectivity index is 1.78. The highest BCUT2D eigenvalue weighted by atomic mass is 19.1. The summed E-state index contributed by atoms with van der Waals surface area (Å²) in [6, 6.07) is 13.0. The number of halogens is 1. The van der Waals surface area contributed by atoms with E-state index in [1.165, 1.54) is 12.1 Å². The van der Waals surface area contributed by atoms with Crippen LogP contribution in [0.5, 0.6) is 0 Å². The summed E-state index contributed by atoms with van der Waals surface area (Å²) in [6.45, 7) is 6.29. The summed E-state index contributed by atoms with van der Waals surface area (Å²) in [5.74, 6) is -0.524. The van der Waals surface area contributed by atoms with Crippen LogP contribution in [0.15, 0.2) is 48.5 Å². The number of carbonyl (C=O) groups excluding carboxylic acids is 2. The van der Waals surface area contributed by atoms with Gasteiger partial charge >= 0.3 is 6.03 Å². The molecular formula is C22H26FN3O2. The highest BCUT2D eigenvalue weighted by Crippen LogP contribution is 2.24. The van der Waals surface area contributed by atoms with Gasteiger partial charge in [0.05, 0.1) is 0 Å². The normalized spacial score (nSPS) is 16.3. The second-order valence-corrected chi connectivity index (χ2v) is 8.14. The number of urea groups is 1. The molecule has 0 spiro atoms. The molecule has 1 atom stereocenters. The van der Waals surface area contributed by atoms with Crippen LogP contribution < -0.4 is 10.6 Å². The standard InChI is InChI=1S/C22H26FN3O2/c1-22(2,3)25-20(27)19-12-16-8-4-5-9-17(16)14-26(19)21(28)24-13-15-7-6-10-18(23)11-15/h4-11,19H,12-14H2,1-3H3,(H,24,28)(H,25,27)/t19-/m0/s1. The van der Waals surface area contributed by atoms with Gasteiger partial charge in [0, 0.05) is 25.0 Å². The monoisotopic (exact) mass is 383 g/mol. The van der Waals surface area contributed by atoms with Crippen molar-refractivity contribution in [1.29, 1.82) is 0 Å². The lowest BCUT2D eigenvalue weighted by Crippen LogP contribution is -2.57. The van der Waals surface area contributed by atoms with Crippen LogP contribution in [-0.2, 0) is 24.3 Å². The van der Waals surface area contributed by atoms with Crippen molar-refractivity contribution >= 4 is 11.9 Å². The summed E-state index contributed by atoms with van der Waals surface area (Å²) in [7, 11) is 0. The van der Waals surface area contributed by atoms with Crippen LogP contribution in [0.3, 0.4) is 0 Å². The maximum absolute atomic E-state index is 13.4. The van der Waals surface area contributed by atoms with Gasteiger partial charge < -0.3 is 15.5 Å². The zero-order valence-corrected chi connectivity index (χ0v) is 16.5. The summed E-state index contributed by atoms with van der Waals surface area (Å²) < 4.78 is 13.4. The second kappa shape index (κ2) is 8.00. The van der Waals surface area contributed by atoms with E-state index in [1.54, 1.807) is 17.0 Å². The van der Waals surface area contributed by atoms with Crippen LogP contribution in [0, 0.1) is 5.82 Å². The van der Waals surface area contributed by atoms with E-state index in [2.05, 4.69) is 10.6 Å². The fraction of sp³-hybridized carbons (Fsp3) is 0.364. The number of benzene rings is 2. The molecule has 0 saturated heterocycles. The van der Waals surface area contributed by atoms with E-state index in [0.717, 1.165) is 11.1 Å². The van der Waals surface area contributed by atoms with Gasteiger partial charge in [-0.3, -0.25) is 4.79 Å². The first kappa shape index (κ1) is 19.9. The van der Waals surface area contributed by atoms with Gasteiger partial charge in [-0.1, -0.05) is 36.4 Å². The van der Waals surface area contributed by atoms with Crippen molar-refractivity contribution in [3.05, 3.63) is 71.0 Å². The van der Waals surface area contributed by atoms with E-state index >= 15 is 0 Å². The second-order valence-electron chi connectivity index (χ2n) is 8.14. The molecule has 2 aromatic rings. The van der Waals surface area contributed by atoms with Crippen LogP contribution in [0.4, 0.5) is 9.18 Å². The summed E-state index contributed by atoms with van der Waals surface area (Å²) in [5.41, 5.74) is 2.38. The van der Waals surface area contributed by atoms with Crippen LogP contribution in [0.2, 0.25) is 0 Å². The molecule has 3 rings (SSSR count). The van der Waals surface area contributed by atoms with Gasteiger partial charge in [-0.2, -0.15) is 0 Å². The van der Waals surface area contributed by atoms with Crippen molar-refractivity contribution in [3.63, 3.8) is 0 Å². The first-order chi connectivity index (χ1) is 13.2. The molecule has 1 aliphatic heterocycles. The summed E-state index contributed by atoms with van der Waals surface area (Å²) in [4.78, 5) is 27.3. The molecule has 1 aliphatic rings. The number of amides is 3. The van der Waals surface area contributed by atoms with Crippen LogP contribution >= 0.6 is 0 Å². The Kier molecular flexibility index (Phi) is 5.68. The van der Waals surface area contributed by atoms with E-state index in [-0.39, 0.29) is 24.3 Å². The molecule has 148 valence electrons. The Morgan fingerprint density at radius 1 is 1.11 bits per heavy atom. The molecule has 0 fully saturated rings. The third-order valence-corrected chi connectivity index (χ3v) is 4.64. The average molecular weight is 383 g/mol. The Hall–Kier alpha value is -2.89. The smallest absolute Gasteiger partial charge is 0.318 e. The van der Waals surface area contributed by atoms with Crippen molar-refractivity contribution in [1.82, 2.24) is 15.5 Å². The van der Waals surface area contributed by atoms with Gasteiger partial charge in [-0.15, -0.1) is 0 Å². The zero-order chi connectivity index (χ0) is 20.3. The summed E-state index contributed by atoms with van der Waals surface area (Å²) in [6.07, 6.45) is 0.464. The molecule has 1 heterocycles. The first-order valence-corrected chi connectivity index (χ1v) is 9.41. The quantitative estimate of drug-likeness (QED) is 0.854. The topological polar surface area (TPSA) is 61.4 Å². The maximum atomic E-state index is 13.4. The highest BCUT2D eigenvalue weighted by molar-refractivity contribution is 5.88. The van der Waals surface area contributed by atoms with Crippen molar-refractivity contribution in [3.8, 4) is 0 Å². The Morgan fingerprint density at radius 3 is 2.50 bits per heavy atom. The predicted molar refractivity (Wildman–Crippen MR) is 106 cm³/mol. The molecule has 6 heteroatoms. The Labute approximate surface area is 164 Å². The number of nitrogens with one attached hydrogen (secondary N) is 2. The van der Waals surface area contributed by atoms with Crippen molar-refractivity contribution in [2.75, 3.05) is 0 Å². The lowest BCUT2D eigenvalue weighted by Gasteiger charge is -2.37. The highest BCUT2D eigenvalue weighted by Gasteiger charge is 2.35. The van der Waals surface area contributed by atoms with E-state index in [0.29, 0.717) is 18.5 Å². The first-order valence-electron chi connectivity index (χ1n) is 9.41. The fourth-order valence-corrected chi connectivity index (χ4v) is 3.35. The van der Waals surface area contributed by atoms with E-state index in [1.807, 2.05) is 45.0 Å². The lowest BCUT2D eigenvalue weighted by molar-refractivity contribution is -0.127. The molecule has 28 heavy (non-hydrogen) atoms. The van der Waals surface area contributed by atoms with Crippen LogP contribution in [0.1, 0.15) is 37.5 Å². The number of nitrogens with zero attached hydrogens (tertiary/aromatic N) is 1. The molecule has 5 nitrogen and oxygen atoms in total. The number of hydrogen-bond donors (Lipinski definition) is 2. The van der Waals surface area contributed by atoms with E-state index in [4.69, 9.17) is 0 Å². The third kappa shape index (κ3) is 4.88. The number of rotatable bonds is 3. The average Bonchev–Trinajstić information content (AvgIpc) is 2.63. The van der Waals surface area contributed by atoms with Gasteiger partial charge in [-0.25, -0.2) is 9.18 Å². The van der Waals surface area contributed by atoms with Crippen molar-refractivity contribution in [2.45, 2.75) is 51.9 Å². The number of fused-ring (bicyclic) bond motifs is 1. The third-order valence-electron chi connectivity index (χ3n) is 4.64. The van der Waals surface area contributed by atoms with Crippen LogP contribution in [0.25, 0.3) is 0 Å². The van der Waals surface area contributed by atoms with Crippen LogP contribution in [-0.4, -0.2) is 28.4 Å². The number of carbonyl (C=O) groups is 2. The molecular weight excluding hydrogens is 357 g/mol. The lowest BCUT2D eigenvalue weighted by atomic mass is 9.93. The molecule has 0 unspecified atom stereocenters. The van der Waals surface area contributed by atoms with E-state index < -0.39 is 11.6 Å². The minimum atomic E-state index is -0.596. The van der Waals surface area contributed by atoms with E-state index in [9.17, 15) is 14.0 Å². The molecule has 2 N–H and O–H groups in total. The summed E-state index contributed by atoms with van der Waals surface area (Å²) >= 11 is 0. The van der Waals surface area contributed by atoms with Gasteiger partial charge in [0.1, 0.15) is 11.9 Å². The molecule has 0 saturated carbocycles. The van der Waals surface area contributed by atoms with Gasteiger partial charge in [0.25, 0.3) is 0 Å². The van der Waals surface area contributed by atoms with Crippen molar-refractivity contribution < 1.29 is 14.0 Å². The largest absolute Gasteiger partial charge is 0.350 e. The molecule has 3 amide bonds. The zero-order valence-electron chi connectivity index (χ0n) is 16.5. The van der Waals surface area contributed by atoms with Gasteiger partial charge in [0.2, 0.25) is 5.91 Å². The molecule has 0 aromatic heterocycles. The maximum Gasteiger partial charge on any atom is 0.318 e. The molecule has 2 aromatic carbocycles. The molecule has 0 bridgehead atoms. The van der Waals surface area contributed by atoms with Crippen molar-refractivity contribution in [2.24, 2.45) is 0 Å². The predicted octanol–water partition coefficient (Wildman–Crippen LogP) is 3.38. The molecule has 0 radical (unpaired) electrons. The number of hydrogen-bond acceptors (Lipinski definition) is 2. The fourth-order valence-electron chi connectivity index (χ4n) is 3.35. The Bertz CT molecular complexity index is 876. The van der Waals surface area contributed by atoms with Gasteiger partial charge in [-0.05, 0) is 49.6 Å². The minimum absolute atomic E-state index is 0.178.